The molecule has 2 rings (SSSR count). The van der Waals surface area contributed by atoms with Crippen LogP contribution < -0.4 is 5.73 Å². The Morgan fingerprint density at radius 1 is 1.17 bits per heavy atom. The van der Waals surface area contributed by atoms with Crippen LogP contribution in [0.5, 0.6) is 0 Å². The first-order valence-electron chi connectivity index (χ1n) is 8.93. The molecule has 0 radical (unpaired) electrons. The second-order valence-electron chi connectivity index (χ2n) is 7.30. The number of morpholine rings is 1. The average Bonchev–Trinajstić information content (AvgIpc) is 2.52. The van der Waals surface area contributed by atoms with Gasteiger partial charge < -0.3 is 15.4 Å². The second kappa shape index (κ2) is 10.7. The van der Waals surface area contributed by atoms with Crippen molar-refractivity contribution in [1.29, 1.82) is 0 Å². The number of hydrogen-bond acceptors (Lipinski definition) is 3. The summed E-state index contributed by atoms with van der Waals surface area (Å²) in [6.45, 7) is 13.6. The molecule has 0 saturated carbocycles. The van der Waals surface area contributed by atoms with Gasteiger partial charge in [0.05, 0.1) is 19.8 Å². The van der Waals surface area contributed by atoms with Crippen LogP contribution in [-0.4, -0.2) is 67.7 Å². The van der Waals surface area contributed by atoms with E-state index in [0.29, 0.717) is 12.0 Å². The zero-order valence-electron chi connectivity index (χ0n) is 15.0. The van der Waals surface area contributed by atoms with Gasteiger partial charge in [-0.15, -0.1) is 24.0 Å². The number of rotatable bonds is 5. The van der Waals surface area contributed by atoms with Gasteiger partial charge in [-0.05, 0) is 31.1 Å². The van der Waals surface area contributed by atoms with Gasteiger partial charge in [0, 0.05) is 32.2 Å². The van der Waals surface area contributed by atoms with Crippen molar-refractivity contribution >= 4 is 29.9 Å². The molecule has 0 spiro atoms. The van der Waals surface area contributed by atoms with Crippen molar-refractivity contribution in [2.75, 3.05) is 45.9 Å². The molecule has 0 aromatic rings. The van der Waals surface area contributed by atoms with E-state index in [0.717, 1.165) is 57.8 Å². The Bertz CT molecular complexity index is 351. The van der Waals surface area contributed by atoms with Gasteiger partial charge in [-0.1, -0.05) is 20.8 Å². The summed E-state index contributed by atoms with van der Waals surface area (Å²) in [5, 5.41) is 0. The molecule has 1 unspecified atom stereocenters. The summed E-state index contributed by atoms with van der Waals surface area (Å²) < 4.78 is 5.48. The van der Waals surface area contributed by atoms with Gasteiger partial charge in [-0.3, -0.25) is 9.89 Å². The summed E-state index contributed by atoms with van der Waals surface area (Å²) in [6.07, 6.45) is 3.64. The minimum absolute atomic E-state index is 0. The van der Waals surface area contributed by atoms with Crippen molar-refractivity contribution in [1.82, 2.24) is 9.80 Å². The van der Waals surface area contributed by atoms with E-state index in [1.54, 1.807) is 0 Å². The van der Waals surface area contributed by atoms with Crippen LogP contribution >= 0.6 is 24.0 Å². The van der Waals surface area contributed by atoms with Gasteiger partial charge in [0.2, 0.25) is 0 Å². The van der Waals surface area contributed by atoms with Gasteiger partial charge in [0.15, 0.2) is 5.96 Å². The molecular weight excluding hydrogens is 403 g/mol. The van der Waals surface area contributed by atoms with Gasteiger partial charge in [0.25, 0.3) is 0 Å². The number of piperidine rings is 1. The maximum atomic E-state index is 6.24. The van der Waals surface area contributed by atoms with Crippen LogP contribution in [0.25, 0.3) is 0 Å². The molecule has 2 aliphatic rings. The summed E-state index contributed by atoms with van der Waals surface area (Å²) in [5.74, 6) is 2.25. The Morgan fingerprint density at radius 3 is 2.35 bits per heavy atom. The molecule has 6 heteroatoms. The number of guanidine groups is 1. The van der Waals surface area contributed by atoms with E-state index in [-0.39, 0.29) is 24.0 Å². The van der Waals surface area contributed by atoms with Crippen molar-refractivity contribution < 1.29 is 4.74 Å². The maximum absolute atomic E-state index is 6.24. The van der Waals surface area contributed by atoms with E-state index >= 15 is 0 Å². The van der Waals surface area contributed by atoms with E-state index in [9.17, 15) is 0 Å². The van der Waals surface area contributed by atoms with Crippen molar-refractivity contribution in [2.24, 2.45) is 22.6 Å². The summed E-state index contributed by atoms with van der Waals surface area (Å²) in [7, 11) is 0. The van der Waals surface area contributed by atoms with E-state index in [2.05, 4.69) is 30.6 Å². The topological polar surface area (TPSA) is 54.1 Å². The fourth-order valence-electron chi connectivity index (χ4n) is 3.36. The number of ether oxygens (including phenoxy) is 1. The highest BCUT2D eigenvalue weighted by Gasteiger charge is 2.22. The lowest BCUT2D eigenvalue weighted by Crippen LogP contribution is -2.47. The normalized spacial score (nSPS) is 23.0. The monoisotopic (exact) mass is 438 g/mol. The summed E-state index contributed by atoms with van der Waals surface area (Å²) >= 11 is 0. The van der Waals surface area contributed by atoms with Crippen LogP contribution in [0.4, 0.5) is 0 Å². The standard InChI is InChI=1S/C17H34N4O.HI/c1-14(2)12-16(20-8-10-22-11-9-20)13-19-17(18)21-6-4-15(3)5-7-21;/h14-16H,4-13H2,1-3H3,(H2,18,19);1H. The Kier molecular flexibility index (Phi) is 9.77. The number of nitrogens with two attached hydrogens (primary N) is 1. The van der Waals surface area contributed by atoms with Crippen molar-refractivity contribution in [3.8, 4) is 0 Å². The van der Waals surface area contributed by atoms with Gasteiger partial charge in [0.1, 0.15) is 0 Å². The SMILES string of the molecule is CC(C)CC(CN=C(N)N1CCC(C)CC1)N1CCOCC1.I. The van der Waals surface area contributed by atoms with Gasteiger partial charge in [-0.25, -0.2) is 0 Å². The molecule has 0 aromatic carbocycles. The molecule has 0 bridgehead atoms. The zero-order chi connectivity index (χ0) is 15.9. The van der Waals surface area contributed by atoms with Crippen molar-refractivity contribution in [2.45, 2.75) is 46.1 Å². The quantitative estimate of drug-likeness (QED) is 0.407. The lowest BCUT2D eigenvalue weighted by atomic mass is 9.99. The number of nitrogens with zero attached hydrogens (tertiary/aromatic N) is 3. The number of aliphatic imine (C=N–C) groups is 1. The predicted octanol–water partition coefficient (Wildman–Crippen LogP) is 2.40. The van der Waals surface area contributed by atoms with Crippen LogP contribution in [0.1, 0.15) is 40.0 Å². The maximum Gasteiger partial charge on any atom is 0.191 e. The lowest BCUT2D eigenvalue weighted by Gasteiger charge is -2.35. The highest BCUT2D eigenvalue weighted by Crippen LogP contribution is 2.17. The van der Waals surface area contributed by atoms with E-state index in [4.69, 9.17) is 15.5 Å². The Balaban J connectivity index is 0.00000264. The highest BCUT2D eigenvalue weighted by molar-refractivity contribution is 14.0. The van der Waals surface area contributed by atoms with E-state index in [1.807, 2.05) is 0 Å². The molecule has 2 aliphatic heterocycles. The molecule has 2 saturated heterocycles. The summed E-state index contributed by atoms with van der Waals surface area (Å²) in [6, 6.07) is 0.492. The third-order valence-corrected chi connectivity index (χ3v) is 4.88. The molecule has 136 valence electrons. The third kappa shape index (κ3) is 7.13. The molecular formula is C17H35IN4O. The summed E-state index contributed by atoms with van der Waals surface area (Å²) in [5.41, 5.74) is 6.24. The third-order valence-electron chi connectivity index (χ3n) is 4.88. The first kappa shape index (κ1) is 21.0. The Morgan fingerprint density at radius 2 is 1.78 bits per heavy atom. The minimum Gasteiger partial charge on any atom is -0.379 e. The lowest BCUT2D eigenvalue weighted by molar-refractivity contribution is 0.0142. The van der Waals surface area contributed by atoms with Gasteiger partial charge in [-0.2, -0.15) is 0 Å². The molecule has 2 N–H and O–H groups in total. The van der Waals surface area contributed by atoms with Crippen molar-refractivity contribution in [3.63, 3.8) is 0 Å². The molecule has 0 amide bonds. The predicted molar refractivity (Wildman–Crippen MR) is 108 cm³/mol. The first-order chi connectivity index (χ1) is 10.6. The zero-order valence-corrected chi connectivity index (χ0v) is 17.4. The van der Waals surface area contributed by atoms with E-state index in [1.165, 1.54) is 19.3 Å². The molecule has 5 nitrogen and oxygen atoms in total. The molecule has 1 atom stereocenters. The van der Waals surface area contributed by atoms with Crippen LogP contribution in [0, 0.1) is 11.8 Å². The fraction of sp³-hybridized carbons (Fsp3) is 0.941. The number of hydrogen-bond donors (Lipinski definition) is 1. The number of likely N-dealkylation sites (tertiary alicyclic amines) is 1. The average molecular weight is 438 g/mol. The Hall–Kier alpha value is -0.0800. The number of halogens is 1. The van der Waals surface area contributed by atoms with Crippen LogP contribution in [0.15, 0.2) is 4.99 Å². The highest BCUT2D eigenvalue weighted by atomic mass is 127. The van der Waals surface area contributed by atoms with Crippen molar-refractivity contribution in [3.05, 3.63) is 0 Å². The van der Waals surface area contributed by atoms with Crippen LogP contribution in [-0.2, 0) is 4.74 Å². The molecule has 0 aliphatic carbocycles. The van der Waals surface area contributed by atoms with E-state index < -0.39 is 0 Å². The van der Waals surface area contributed by atoms with Crippen LogP contribution in [0.3, 0.4) is 0 Å². The molecule has 2 heterocycles. The smallest absolute Gasteiger partial charge is 0.191 e. The first-order valence-corrected chi connectivity index (χ1v) is 8.93. The Labute approximate surface area is 159 Å². The second-order valence-corrected chi connectivity index (χ2v) is 7.30. The fourth-order valence-corrected chi connectivity index (χ4v) is 3.36. The molecule has 23 heavy (non-hydrogen) atoms. The molecule has 2 fully saturated rings. The summed E-state index contributed by atoms with van der Waals surface area (Å²) in [4.78, 5) is 9.52. The molecule has 0 aromatic heterocycles. The van der Waals surface area contributed by atoms with Crippen LogP contribution in [0.2, 0.25) is 0 Å². The van der Waals surface area contributed by atoms with Gasteiger partial charge >= 0.3 is 0 Å². The largest absolute Gasteiger partial charge is 0.379 e. The minimum atomic E-state index is 0.